The number of carbonyl (C=O) groups is 1. The van der Waals surface area contributed by atoms with Crippen LogP contribution in [0.15, 0.2) is 52.2 Å². The van der Waals surface area contributed by atoms with Crippen LogP contribution in [0.4, 0.5) is 0 Å². The molecule has 37 heavy (non-hydrogen) atoms. The number of aliphatic hydroxyl groups excluding tert-OH is 1. The van der Waals surface area contributed by atoms with Crippen molar-refractivity contribution in [3.05, 3.63) is 63.4 Å². The van der Waals surface area contributed by atoms with Gasteiger partial charge >= 0.3 is 19.4 Å². The highest BCUT2D eigenvalue weighted by atomic mass is 31.2. The summed E-state index contributed by atoms with van der Waals surface area (Å²) in [6.45, 7) is 6.02. The van der Waals surface area contributed by atoms with Crippen molar-refractivity contribution in [3.63, 3.8) is 0 Å². The molecule has 0 aliphatic carbocycles. The summed E-state index contributed by atoms with van der Waals surface area (Å²) in [6, 6.07) is 8.22. The number of hydrogen-bond acceptors (Lipinski definition) is 10. The lowest BCUT2D eigenvalue weighted by Crippen LogP contribution is -2.53. The van der Waals surface area contributed by atoms with Gasteiger partial charge in [0.1, 0.15) is 24.0 Å². The van der Waals surface area contributed by atoms with Gasteiger partial charge in [-0.1, -0.05) is 25.1 Å². The first-order valence-electron chi connectivity index (χ1n) is 11.8. The van der Waals surface area contributed by atoms with Crippen molar-refractivity contribution >= 4 is 13.7 Å². The number of para-hydroxylation sites is 1. The van der Waals surface area contributed by atoms with E-state index in [-0.39, 0.29) is 11.9 Å². The minimum Gasteiger partial charge on any atom is -0.462 e. The highest BCUT2D eigenvalue weighted by molar-refractivity contribution is 7.52. The van der Waals surface area contributed by atoms with Crippen molar-refractivity contribution in [3.8, 4) is 5.75 Å². The standard InChI is InChI=1S/C23H33N4O9P/c1-5-14(2)34-20(30)15(3)26-37(32,36-16-9-7-6-8-10-16)33-13-17-19(29)23(4,24)21(35-17)27-12-11-18(28)25-22(27)31/h6-12,14-15,17,19,21,29H,5,13,24H2,1-4H3,(H,26,32)(H,25,28,31)/t14-,15+,17-,19-,21-,23-,37?/m1/s1. The highest BCUT2D eigenvalue weighted by Gasteiger charge is 2.52. The van der Waals surface area contributed by atoms with Gasteiger partial charge in [-0.15, -0.1) is 0 Å². The Labute approximate surface area is 213 Å². The van der Waals surface area contributed by atoms with Crippen LogP contribution in [0, 0.1) is 0 Å². The maximum atomic E-state index is 13.7. The minimum absolute atomic E-state index is 0.204. The molecule has 7 atom stereocenters. The van der Waals surface area contributed by atoms with Crippen molar-refractivity contribution in [2.24, 2.45) is 5.73 Å². The first-order chi connectivity index (χ1) is 17.4. The number of H-pyrrole nitrogens is 1. The third kappa shape index (κ3) is 6.95. The number of benzene rings is 1. The Balaban J connectivity index is 1.79. The zero-order chi connectivity index (χ0) is 27.4. The van der Waals surface area contributed by atoms with E-state index in [2.05, 4.69) is 10.1 Å². The lowest BCUT2D eigenvalue weighted by Gasteiger charge is -2.28. The van der Waals surface area contributed by atoms with Gasteiger partial charge in [0.15, 0.2) is 6.23 Å². The van der Waals surface area contributed by atoms with Gasteiger partial charge in [-0.05, 0) is 39.3 Å². The largest absolute Gasteiger partial charge is 0.462 e. The Hall–Kier alpha value is -2.80. The van der Waals surface area contributed by atoms with Crippen molar-refractivity contribution in [1.29, 1.82) is 0 Å². The van der Waals surface area contributed by atoms with Crippen LogP contribution in [0.1, 0.15) is 40.3 Å². The molecule has 1 saturated heterocycles. The van der Waals surface area contributed by atoms with Crippen LogP contribution in [0.3, 0.4) is 0 Å². The zero-order valence-electron chi connectivity index (χ0n) is 21.0. The van der Waals surface area contributed by atoms with Gasteiger partial charge in [0.05, 0.1) is 18.2 Å². The van der Waals surface area contributed by atoms with E-state index in [1.54, 1.807) is 37.3 Å². The second-order valence-electron chi connectivity index (χ2n) is 9.06. The van der Waals surface area contributed by atoms with E-state index in [9.17, 15) is 24.1 Å². The molecule has 1 fully saturated rings. The van der Waals surface area contributed by atoms with Gasteiger partial charge in [-0.3, -0.25) is 23.7 Å². The third-order valence-corrected chi connectivity index (χ3v) is 7.55. The second kappa shape index (κ2) is 11.7. The first-order valence-corrected chi connectivity index (χ1v) is 13.3. The molecule has 0 radical (unpaired) electrons. The molecule has 0 spiro atoms. The molecule has 3 rings (SSSR count). The van der Waals surface area contributed by atoms with Crippen LogP contribution in [0.25, 0.3) is 0 Å². The van der Waals surface area contributed by atoms with Gasteiger partial charge < -0.3 is 24.8 Å². The number of aromatic nitrogens is 2. The number of nitrogens with zero attached hydrogens (tertiary/aromatic N) is 1. The topological polar surface area (TPSA) is 184 Å². The van der Waals surface area contributed by atoms with Gasteiger partial charge in [0.25, 0.3) is 5.56 Å². The molecule has 2 aromatic rings. The summed E-state index contributed by atoms with van der Waals surface area (Å²) in [4.78, 5) is 38.2. The van der Waals surface area contributed by atoms with Crippen molar-refractivity contribution < 1.29 is 33.0 Å². The summed E-state index contributed by atoms with van der Waals surface area (Å²) in [5, 5.41) is 13.4. The normalized spacial score (nSPS) is 26.7. The summed E-state index contributed by atoms with van der Waals surface area (Å²) >= 11 is 0. The number of nitrogens with one attached hydrogen (secondary N) is 2. The van der Waals surface area contributed by atoms with E-state index < -0.39 is 61.6 Å². The van der Waals surface area contributed by atoms with Crippen LogP contribution >= 0.6 is 7.75 Å². The van der Waals surface area contributed by atoms with E-state index in [1.807, 2.05) is 6.92 Å². The lowest BCUT2D eigenvalue weighted by atomic mass is 9.93. The Morgan fingerprint density at radius 2 is 1.97 bits per heavy atom. The molecule has 13 nitrogen and oxygen atoms in total. The molecule has 5 N–H and O–H groups in total. The highest BCUT2D eigenvalue weighted by Crippen LogP contribution is 2.46. The predicted molar refractivity (Wildman–Crippen MR) is 133 cm³/mol. The summed E-state index contributed by atoms with van der Waals surface area (Å²) in [7, 11) is -4.23. The van der Waals surface area contributed by atoms with E-state index in [1.165, 1.54) is 20.0 Å². The molecule has 1 unspecified atom stereocenters. The maximum Gasteiger partial charge on any atom is 0.459 e. The molecule has 204 valence electrons. The Bertz CT molecular complexity index is 1230. The van der Waals surface area contributed by atoms with Crippen LogP contribution in [-0.2, 0) is 23.4 Å². The quantitative estimate of drug-likeness (QED) is 0.236. The van der Waals surface area contributed by atoms with Crippen molar-refractivity contribution in [2.45, 2.75) is 70.2 Å². The minimum atomic E-state index is -4.23. The molecule has 1 aromatic carbocycles. The number of carbonyl (C=O) groups excluding carboxylic acids is 1. The molecule has 0 saturated carbocycles. The third-order valence-electron chi connectivity index (χ3n) is 5.90. The summed E-state index contributed by atoms with van der Waals surface area (Å²) < 4.78 is 37.0. The van der Waals surface area contributed by atoms with Crippen molar-refractivity contribution in [1.82, 2.24) is 14.6 Å². The van der Waals surface area contributed by atoms with Gasteiger partial charge in [0.2, 0.25) is 0 Å². The zero-order valence-corrected chi connectivity index (χ0v) is 21.9. The van der Waals surface area contributed by atoms with Crippen molar-refractivity contribution in [2.75, 3.05) is 6.61 Å². The lowest BCUT2D eigenvalue weighted by molar-refractivity contribution is -0.150. The molecule has 0 amide bonds. The summed E-state index contributed by atoms with van der Waals surface area (Å²) in [5.41, 5.74) is 3.41. The Morgan fingerprint density at radius 3 is 2.59 bits per heavy atom. The maximum absolute atomic E-state index is 13.7. The average molecular weight is 541 g/mol. The summed E-state index contributed by atoms with van der Waals surface area (Å²) in [5.74, 6) is -0.450. The van der Waals surface area contributed by atoms with E-state index in [4.69, 9.17) is 24.3 Å². The molecule has 0 bridgehead atoms. The van der Waals surface area contributed by atoms with Gasteiger partial charge in [-0.25, -0.2) is 9.36 Å². The number of aliphatic hydroxyl groups is 1. The number of hydrogen-bond donors (Lipinski definition) is 4. The molecule has 1 aliphatic heterocycles. The molecular weight excluding hydrogens is 507 g/mol. The number of esters is 1. The number of aromatic amines is 1. The van der Waals surface area contributed by atoms with Gasteiger partial charge in [0, 0.05) is 12.3 Å². The van der Waals surface area contributed by atoms with Crippen LogP contribution < -0.4 is 26.6 Å². The van der Waals surface area contributed by atoms with E-state index in [0.29, 0.717) is 6.42 Å². The molecular formula is C23H33N4O9P. The molecule has 14 heteroatoms. The van der Waals surface area contributed by atoms with Crippen LogP contribution in [0.5, 0.6) is 5.75 Å². The Morgan fingerprint density at radius 1 is 1.30 bits per heavy atom. The average Bonchev–Trinajstić information content (AvgIpc) is 3.06. The number of nitrogens with two attached hydrogens (primary N) is 1. The molecule has 1 aliphatic rings. The van der Waals surface area contributed by atoms with E-state index in [0.717, 1.165) is 10.6 Å². The second-order valence-corrected chi connectivity index (χ2v) is 10.8. The van der Waals surface area contributed by atoms with Crippen LogP contribution in [0.2, 0.25) is 0 Å². The molecule has 2 heterocycles. The SMILES string of the molecule is CC[C@@H](C)OC(=O)[C@H](C)NP(=O)(OC[C@H]1O[C@@H](n2ccc(=O)[nH]c2=O)[C@](C)(N)[C@@H]1O)Oc1ccccc1. The smallest absolute Gasteiger partial charge is 0.459 e. The number of rotatable bonds is 11. The monoisotopic (exact) mass is 540 g/mol. The summed E-state index contributed by atoms with van der Waals surface area (Å²) in [6.07, 6.45) is -2.23. The fourth-order valence-corrected chi connectivity index (χ4v) is 5.10. The Kier molecular flexibility index (Phi) is 9.11. The first kappa shape index (κ1) is 28.8. The number of ether oxygens (including phenoxy) is 2. The van der Waals surface area contributed by atoms with E-state index >= 15 is 0 Å². The van der Waals surface area contributed by atoms with Gasteiger partial charge in [-0.2, -0.15) is 5.09 Å². The fraction of sp³-hybridized carbons (Fsp3) is 0.522. The fourth-order valence-electron chi connectivity index (χ4n) is 3.60. The molecule has 1 aromatic heterocycles. The predicted octanol–water partition coefficient (Wildman–Crippen LogP) is 1.04. The van der Waals surface area contributed by atoms with Crippen LogP contribution in [-0.4, -0.2) is 57.1 Å².